The Kier molecular flexibility index (Phi) is 7.45. The number of hydrogen-bond acceptors (Lipinski definition) is 5. The first-order chi connectivity index (χ1) is 12.1. The van der Waals surface area contributed by atoms with E-state index in [2.05, 4.69) is 38.1 Å². The quantitative estimate of drug-likeness (QED) is 0.286. The molecule has 0 aliphatic rings. The van der Waals surface area contributed by atoms with Crippen LogP contribution in [0.15, 0.2) is 35.6 Å². The molecule has 0 saturated carbocycles. The van der Waals surface area contributed by atoms with E-state index < -0.39 is 5.91 Å². The highest BCUT2D eigenvalue weighted by Crippen LogP contribution is 2.33. The van der Waals surface area contributed by atoms with Crippen LogP contribution in [0.2, 0.25) is 5.15 Å². The van der Waals surface area contributed by atoms with Crippen LogP contribution in [0.25, 0.3) is 0 Å². The molecule has 1 N–H and O–H groups in total. The summed E-state index contributed by atoms with van der Waals surface area (Å²) in [5.74, 6) is 0.910. The lowest BCUT2D eigenvalue weighted by Gasteiger charge is -2.13. The third kappa shape index (κ3) is 5.30. The summed E-state index contributed by atoms with van der Waals surface area (Å²) in [6.07, 6.45) is 3.04. The number of amides is 1. The lowest BCUT2D eigenvalue weighted by Crippen LogP contribution is -2.18. The van der Waals surface area contributed by atoms with Crippen molar-refractivity contribution in [3.63, 3.8) is 0 Å². The van der Waals surface area contributed by atoms with E-state index in [1.165, 1.54) is 12.4 Å². The Balaban J connectivity index is 2.15. The number of rotatable bonds is 7. The molecule has 0 radical (unpaired) electrons. The van der Waals surface area contributed by atoms with Gasteiger partial charge in [0.15, 0.2) is 11.5 Å². The highest BCUT2D eigenvalue weighted by molar-refractivity contribution is 14.1. The van der Waals surface area contributed by atoms with Crippen LogP contribution in [0.4, 0.5) is 0 Å². The van der Waals surface area contributed by atoms with Gasteiger partial charge in [-0.05, 0) is 66.3 Å². The number of halogens is 2. The molecule has 2 aromatic rings. The average molecular weight is 474 g/mol. The molecule has 0 bridgehead atoms. The molecule has 1 amide bonds. The monoisotopic (exact) mass is 473 g/mol. The van der Waals surface area contributed by atoms with Gasteiger partial charge in [0.25, 0.3) is 5.91 Å². The van der Waals surface area contributed by atoms with Crippen LogP contribution in [0, 0.1) is 3.57 Å². The fourth-order valence-electron chi connectivity index (χ4n) is 1.99. The van der Waals surface area contributed by atoms with Crippen LogP contribution in [-0.2, 0) is 0 Å². The number of nitrogens with one attached hydrogen (secondary N) is 1. The van der Waals surface area contributed by atoms with Crippen molar-refractivity contribution >= 4 is 46.3 Å². The molecule has 25 heavy (non-hydrogen) atoms. The molecule has 1 aromatic heterocycles. The van der Waals surface area contributed by atoms with E-state index in [0.29, 0.717) is 24.7 Å². The average Bonchev–Trinajstić information content (AvgIpc) is 2.58. The Hall–Kier alpha value is -1.87. The first-order valence-electron chi connectivity index (χ1n) is 7.59. The molecule has 2 rings (SSSR count). The maximum atomic E-state index is 12.0. The molecule has 0 atom stereocenters. The minimum atomic E-state index is -0.431. The number of hydrogen-bond donors (Lipinski definition) is 1. The van der Waals surface area contributed by atoms with Gasteiger partial charge >= 0.3 is 0 Å². The van der Waals surface area contributed by atoms with E-state index in [0.717, 1.165) is 9.13 Å². The zero-order chi connectivity index (χ0) is 18.2. The zero-order valence-corrected chi connectivity index (χ0v) is 16.7. The molecule has 1 aromatic carbocycles. The molecule has 0 aliphatic carbocycles. The Labute approximate surface area is 164 Å². The summed E-state index contributed by atoms with van der Waals surface area (Å²) in [4.78, 5) is 15.9. The molecular weight excluding hydrogens is 457 g/mol. The van der Waals surface area contributed by atoms with Gasteiger partial charge in [-0.2, -0.15) is 5.10 Å². The standard InChI is InChI=1S/C17H17ClIN3O3/c1-3-24-14-9-11(8-13(19)15(14)25-4-2)10-21-22-17(23)12-6-5-7-20-16(12)18/h5-10H,3-4H2,1-2H3,(H,22,23). The molecule has 0 unspecified atom stereocenters. The Morgan fingerprint density at radius 3 is 2.80 bits per heavy atom. The van der Waals surface area contributed by atoms with Gasteiger partial charge < -0.3 is 9.47 Å². The van der Waals surface area contributed by atoms with Gasteiger partial charge in [0.1, 0.15) is 5.15 Å². The number of ether oxygens (including phenoxy) is 2. The topological polar surface area (TPSA) is 72.8 Å². The normalized spacial score (nSPS) is 10.7. The molecule has 1 heterocycles. The molecule has 6 nitrogen and oxygen atoms in total. The number of carbonyl (C=O) groups is 1. The highest BCUT2D eigenvalue weighted by atomic mass is 127. The van der Waals surface area contributed by atoms with Crippen LogP contribution in [0.5, 0.6) is 11.5 Å². The third-order valence-electron chi connectivity index (χ3n) is 3.00. The maximum absolute atomic E-state index is 12.0. The molecular formula is C17H17ClIN3O3. The van der Waals surface area contributed by atoms with Gasteiger partial charge in [0.05, 0.1) is 28.6 Å². The molecule has 0 saturated heterocycles. The Morgan fingerprint density at radius 1 is 1.36 bits per heavy atom. The summed E-state index contributed by atoms with van der Waals surface area (Å²) in [5, 5.41) is 4.10. The van der Waals surface area contributed by atoms with Crippen molar-refractivity contribution in [2.24, 2.45) is 5.10 Å². The van der Waals surface area contributed by atoms with Crippen molar-refractivity contribution < 1.29 is 14.3 Å². The van der Waals surface area contributed by atoms with E-state index >= 15 is 0 Å². The SMILES string of the molecule is CCOc1cc(C=NNC(=O)c2cccnc2Cl)cc(I)c1OCC. The van der Waals surface area contributed by atoms with Crippen molar-refractivity contribution in [3.8, 4) is 11.5 Å². The number of pyridine rings is 1. The smallest absolute Gasteiger partial charge is 0.274 e. The van der Waals surface area contributed by atoms with Gasteiger partial charge in [-0.25, -0.2) is 10.4 Å². The second kappa shape index (κ2) is 9.57. The molecule has 0 fully saturated rings. The summed E-state index contributed by atoms with van der Waals surface area (Å²) in [6.45, 7) is 4.89. The number of carbonyl (C=O) groups excluding carboxylic acids is 1. The largest absolute Gasteiger partial charge is 0.490 e. The van der Waals surface area contributed by atoms with Gasteiger partial charge in [-0.1, -0.05) is 11.6 Å². The number of benzene rings is 1. The van der Waals surface area contributed by atoms with Crippen LogP contribution >= 0.6 is 34.2 Å². The predicted molar refractivity (Wildman–Crippen MR) is 106 cm³/mol. The second-order valence-electron chi connectivity index (χ2n) is 4.74. The summed E-state index contributed by atoms with van der Waals surface area (Å²) in [7, 11) is 0. The molecule has 8 heteroatoms. The Morgan fingerprint density at radius 2 is 2.12 bits per heavy atom. The fourth-order valence-corrected chi connectivity index (χ4v) is 2.98. The van der Waals surface area contributed by atoms with E-state index in [1.54, 1.807) is 12.1 Å². The Bertz CT molecular complexity index is 784. The van der Waals surface area contributed by atoms with Crippen molar-refractivity contribution in [1.29, 1.82) is 0 Å². The lowest BCUT2D eigenvalue weighted by molar-refractivity contribution is 0.0955. The number of nitrogens with zero attached hydrogens (tertiary/aromatic N) is 2. The lowest BCUT2D eigenvalue weighted by atomic mass is 10.2. The van der Waals surface area contributed by atoms with E-state index in [1.807, 2.05) is 26.0 Å². The van der Waals surface area contributed by atoms with Crippen LogP contribution in [0.3, 0.4) is 0 Å². The van der Waals surface area contributed by atoms with Gasteiger partial charge in [0.2, 0.25) is 0 Å². The zero-order valence-electron chi connectivity index (χ0n) is 13.8. The minimum Gasteiger partial charge on any atom is -0.490 e. The van der Waals surface area contributed by atoms with Gasteiger partial charge in [-0.15, -0.1) is 0 Å². The van der Waals surface area contributed by atoms with Gasteiger partial charge in [0, 0.05) is 6.20 Å². The summed E-state index contributed by atoms with van der Waals surface area (Å²) < 4.78 is 12.1. The maximum Gasteiger partial charge on any atom is 0.274 e. The van der Waals surface area contributed by atoms with Crippen molar-refractivity contribution in [2.75, 3.05) is 13.2 Å². The van der Waals surface area contributed by atoms with Crippen molar-refractivity contribution in [2.45, 2.75) is 13.8 Å². The number of aromatic nitrogens is 1. The van der Waals surface area contributed by atoms with E-state index in [-0.39, 0.29) is 10.7 Å². The minimum absolute atomic E-state index is 0.129. The first-order valence-corrected chi connectivity index (χ1v) is 9.05. The summed E-state index contributed by atoms with van der Waals surface area (Å²) in [6, 6.07) is 6.91. The van der Waals surface area contributed by atoms with Crippen molar-refractivity contribution in [3.05, 3.63) is 50.3 Å². The summed E-state index contributed by atoms with van der Waals surface area (Å²) >= 11 is 8.06. The third-order valence-corrected chi connectivity index (χ3v) is 4.11. The summed E-state index contributed by atoms with van der Waals surface area (Å²) in [5.41, 5.74) is 3.46. The van der Waals surface area contributed by atoms with Gasteiger partial charge in [-0.3, -0.25) is 4.79 Å². The number of hydrazone groups is 1. The van der Waals surface area contributed by atoms with Crippen LogP contribution in [0.1, 0.15) is 29.8 Å². The van der Waals surface area contributed by atoms with Crippen LogP contribution in [-0.4, -0.2) is 30.3 Å². The van der Waals surface area contributed by atoms with E-state index in [9.17, 15) is 4.79 Å². The molecule has 0 spiro atoms. The second-order valence-corrected chi connectivity index (χ2v) is 6.26. The fraction of sp³-hybridized carbons (Fsp3) is 0.235. The highest BCUT2D eigenvalue weighted by Gasteiger charge is 2.12. The molecule has 132 valence electrons. The molecule has 0 aliphatic heterocycles. The predicted octanol–water partition coefficient (Wildman–Crippen LogP) is 3.90. The van der Waals surface area contributed by atoms with Crippen LogP contribution < -0.4 is 14.9 Å². The first kappa shape index (κ1) is 19.5. The van der Waals surface area contributed by atoms with E-state index in [4.69, 9.17) is 21.1 Å². The van der Waals surface area contributed by atoms with Crippen molar-refractivity contribution in [1.82, 2.24) is 10.4 Å².